The minimum absolute atomic E-state index is 0.176. The zero-order valence-corrected chi connectivity index (χ0v) is 23.2. The lowest BCUT2D eigenvalue weighted by Gasteiger charge is -2.37. The van der Waals surface area contributed by atoms with Crippen molar-refractivity contribution in [1.29, 1.82) is 0 Å². The first-order chi connectivity index (χ1) is 20.1. The molecule has 3 aromatic rings. The number of allylic oxidation sites excluding steroid dienone is 1. The Labute approximate surface area is 243 Å². The van der Waals surface area contributed by atoms with Crippen LogP contribution in [0.5, 0.6) is 23.0 Å². The molecule has 5 rings (SSSR count). The third-order valence-electron chi connectivity index (χ3n) is 7.10. The van der Waals surface area contributed by atoms with E-state index in [0.717, 1.165) is 53.2 Å². The van der Waals surface area contributed by atoms with Crippen LogP contribution in [-0.4, -0.2) is 70.2 Å². The highest BCUT2D eigenvalue weighted by Gasteiger charge is 2.30. The second-order valence-electron chi connectivity index (χ2n) is 10.3. The molecular weight excluding hydrogens is 545 g/mol. The molecule has 1 saturated heterocycles. The van der Waals surface area contributed by atoms with Gasteiger partial charge < -0.3 is 29.9 Å². The van der Waals surface area contributed by atoms with Crippen LogP contribution in [0.1, 0.15) is 42.6 Å². The summed E-state index contributed by atoms with van der Waals surface area (Å²) in [6.07, 6.45) is -0.975. The number of aliphatic carboxylic acids is 2. The van der Waals surface area contributed by atoms with Crippen molar-refractivity contribution in [3.63, 3.8) is 0 Å². The molecule has 0 amide bonds. The zero-order chi connectivity index (χ0) is 30.2. The van der Waals surface area contributed by atoms with E-state index in [9.17, 15) is 24.2 Å². The topological polar surface area (TPSA) is 137 Å². The van der Waals surface area contributed by atoms with Gasteiger partial charge in [0.05, 0.1) is 19.5 Å². The normalized spacial score (nSPS) is 16.4. The molecule has 9 nitrogen and oxygen atoms in total. The summed E-state index contributed by atoms with van der Waals surface area (Å²) in [5.41, 5.74) is 4.56. The predicted octanol–water partition coefficient (Wildman–Crippen LogP) is 5.38. The summed E-state index contributed by atoms with van der Waals surface area (Å²) in [5.74, 6) is -0.143. The number of likely N-dealkylation sites (tertiary alicyclic amines) is 1. The van der Waals surface area contributed by atoms with Gasteiger partial charge in [-0.2, -0.15) is 0 Å². The van der Waals surface area contributed by atoms with Gasteiger partial charge in [-0.25, -0.2) is 0 Å². The highest BCUT2D eigenvalue weighted by molar-refractivity contribution is 5.95. The Morgan fingerprint density at radius 3 is 2.24 bits per heavy atom. The molecule has 3 aromatic carbocycles. The molecule has 0 aliphatic carbocycles. The maximum Gasteiger partial charge on any atom is 0.303 e. The Morgan fingerprint density at radius 1 is 0.952 bits per heavy atom. The van der Waals surface area contributed by atoms with Gasteiger partial charge in [0.1, 0.15) is 35.7 Å². The summed E-state index contributed by atoms with van der Waals surface area (Å²) < 4.78 is 24.9. The first-order valence-corrected chi connectivity index (χ1v) is 13.6. The minimum atomic E-state index is -1.08. The van der Waals surface area contributed by atoms with E-state index in [-0.39, 0.29) is 43.0 Å². The summed E-state index contributed by atoms with van der Waals surface area (Å²) in [7, 11) is 0. The number of phenolic OH excluding ortho intramolecular Hbond substituents is 2. The number of carbonyl (C=O) groups is 2. The van der Waals surface area contributed by atoms with Gasteiger partial charge in [-0.05, 0) is 66.1 Å². The number of carboxylic acids is 2. The molecule has 2 heterocycles. The average molecular weight is 580 g/mol. The average Bonchev–Trinajstić information content (AvgIpc) is 2.94. The van der Waals surface area contributed by atoms with Gasteiger partial charge in [-0.15, -0.1) is 0 Å². The lowest BCUT2D eigenvalue weighted by molar-refractivity contribution is -0.143. The molecule has 222 valence electrons. The first-order valence-electron chi connectivity index (χ1n) is 13.6. The molecule has 4 N–H and O–H groups in total. The maximum absolute atomic E-state index is 12.6. The Morgan fingerprint density at radius 2 is 1.62 bits per heavy atom. The molecule has 2 aliphatic rings. The van der Waals surface area contributed by atoms with E-state index in [1.807, 2.05) is 43.3 Å². The highest BCUT2D eigenvalue weighted by Crippen LogP contribution is 2.47. The summed E-state index contributed by atoms with van der Waals surface area (Å²) in [6.45, 7) is 4.72. The van der Waals surface area contributed by atoms with E-state index < -0.39 is 11.9 Å². The van der Waals surface area contributed by atoms with Gasteiger partial charge in [0.2, 0.25) is 0 Å². The predicted molar refractivity (Wildman–Crippen MR) is 154 cm³/mol. The fraction of sp³-hybridized carbons (Fsp3) is 0.312. The summed E-state index contributed by atoms with van der Waals surface area (Å²) in [6, 6.07) is 20.1. The third-order valence-corrected chi connectivity index (χ3v) is 7.10. The molecule has 42 heavy (non-hydrogen) atoms. The summed E-state index contributed by atoms with van der Waals surface area (Å²) in [4.78, 5) is 21.5. The molecule has 1 atom stereocenters. The molecule has 1 fully saturated rings. The third kappa shape index (κ3) is 7.79. The number of carboxylic acid groups (broad SMARTS) is 2. The van der Waals surface area contributed by atoms with Crippen LogP contribution in [0.15, 0.2) is 66.7 Å². The van der Waals surface area contributed by atoms with Crippen LogP contribution >= 0.6 is 0 Å². The van der Waals surface area contributed by atoms with Crippen molar-refractivity contribution in [1.82, 2.24) is 4.90 Å². The van der Waals surface area contributed by atoms with Crippen molar-refractivity contribution in [2.75, 3.05) is 32.9 Å². The van der Waals surface area contributed by atoms with Crippen LogP contribution in [-0.2, 0) is 9.59 Å². The fourth-order valence-electron chi connectivity index (χ4n) is 4.92. The Balaban J connectivity index is 0.000000446. The van der Waals surface area contributed by atoms with Crippen molar-refractivity contribution in [3.05, 3.63) is 83.4 Å². The fourth-order valence-corrected chi connectivity index (χ4v) is 4.92. The molecule has 0 bridgehead atoms. The van der Waals surface area contributed by atoms with Gasteiger partial charge in [-0.1, -0.05) is 24.3 Å². The minimum Gasteiger partial charge on any atom is -0.508 e. The quantitative estimate of drug-likeness (QED) is 0.250. The first kappa shape index (κ1) is 30.4. The second kappa shape index (κ2) is 13.9. The van der Waals surface area contributed by atoms with Crippen LogP contribution in [0.4, 0.5) is 4.39 Å². The molecule has 0 spiro atoms. The lowest BCUT2D eigenvalue weighted by Crippen LogP contribution is -2.49. The Bertz CT molecular complexity index is 1420. The number of alkyl halides is 1. The number of hydrogen-bond acceptors (Lipinski definition) is 7. The standard InChI is InChI=1S/C28H28FNO4.C4H6O4/c1-18-25-14-23(32)7-10-26(25)34-28(27(18)21-3-2-4-22(31)13-21)20-5-8-24(9-6-20)33-12-11-30-16-19(15-29)17-30;5-3(6)1-2-4(7)8/h2-10,13-14,19,28,31-32H,11-12,15-17H2,1H3;1-2H2,(H,5,6)(H,7,8)/t28-;/m0./s1. The van der Waals surface area contributed by atoms with Crippen molar-refractivity contribution >= 4 is 23.1 Å². The lowest BCUT2D eigenvalue weighted by atomic mass is 9.86. The van der Waals surface area contributed by atoms with Gasteiger partial charge in [0.15, 0.2) is 0 Å². The largest absolute Gasteiger partial charge is 0.508 e. The summed E-state index contributed by atoms with van der Waals surface area (Å²) >= 11 is 0. The number of halogens is 1. The molecule has 10 heteroatoms. The number of aromatic hydroxyl groups is 2. The van der Waals surface area contributed by atoms with E-state index in [1.54, 1.807) is 30.3 Å². The Hall–Kier alpha value is -4.57. The van der Waals surface area contributed by atoms with Crippen molar-refractivity contribution in [3.8, 4) is 23.0 Å². The highest BCUT2D eigenvalue weighted by atomic mass is 19.1. The molecule has 0 unspecified atom stereocenters. The van der Waals surface area contributed by atoms with Crippen LogP contribution in [0.3, 0.4) is 0 Å². The number of ether oxygens (including phenoxy) is 2. The number of phenols is 2. The number of nitrogens with zero attached hydrogens (tertiary/aromatic N) is 1. The van der Waals surface area contributed by atoms with E-state index in [4.69, 9.17) is 19.7 Å². The van der Waals surface area contributed by atoms with Gasteiger partial charge >= 0.3 is 11.9 Å². The van der Waals surface area contributed by atoms with Crippen LogP contribution in [0.25, 0.3) is 11.1 Å². The van der Waals surface area contributed by atoms with Crippen LogP contribution in [0.2, 0.25) is 0 Å². The molecular formula is C32H34FNO8. The van der Waals surface area contributed by atoms with Crippen LogP contribution < -0.4 is 9.47 Å². The smallest absolute Gasteiger partial charge is 0.303 e. The van der Waals surface area contributed by atoms with Gasteiger partial charge in [-0.3, -0.25) is 18.9 Å². The molecule has 0 radical (unpaired) electrons. The van der Waals surface area contributed by atoms with Gasteiger partial charge in [0, 0.05) is 36.7 Å². The molecule has 0 saturated carbocycles. The van der Waals surface area contributed by atoms with Gasteiger partial charge in [0.25, 0.3) is 0 Å². The Kier molecular flexibility index (Phi) is 10.0. The number of rotatable bonds is 10. The van der Waals surface area contributed by atoms with E-state index in [2.05, 4.69) is 4.90 Å². The summed E-state index contributed by atoms with van der Waals surface area (Å²) in [5, 5.41) is 35.9. The van der Waals surface area contributed by atoms with E-state index in [0.29, 0.717) is 12.4 Å². The molecule has 2 aliphatic heterocycles. The maximum atomic E-state index is 12.6. The van der Waals surface area contributed by atoms with E-state index >= 15 is 0 Å². The second-order valence-corrected chi connectivity index (χ2v) is 10.3. The number of fused-ring (bicyclic) bond motifs is 1. The number of benzene rings is 3. The van der Waals surface area contributed by atoms with Crippen LogP contribution in [0, 0.1) is 5.92 Å². The zero-order valence-electron chi connectivity index (χ0n) is 23.2. The van der Waals surface area contributed by atoms with Crippen molar-refractivity contribution in [2.24, 2.45) is 5.92 Å². The van der Waals surface area contributed by atoms with Crippen molar-refractivity contribution in [2.45, 2.75) is 25.9 Å². The number of hydrogen-bond donors (Lipinski definition) is 4. The SMILES string of the molecule is CC1=C(c2cccc(O)c2)[C@H](c2ccc(OCCN3CC(CF)C3)cc2)Oc2ccc(O)cc21.O=C(O)CCC(=O)O. The molecule has 0 aromatic heterocycles. The van der Waals surface area contributed by atoms with Crippen molar-refractivity contribution < 1.29 is 43.9 Å². The van der Waals surface area contributed by atoms with E-state index in [1.165, 1.54) is 0 Å². The monoisotopic (exact) mass is 579 g/mol.